The predicted molar refractivity (Wildman–Crippen MR) is 75.8 cm³/mol. The molecule has 7 nitrogen and oxygen atoms in total. The van der Waals surface area contributed by atoms with Gasteiger partial charge in [-0.2, -0.15) is 0 Å². The van der Waals surface area contributed by atoms with Gasteiger partial charge in [-0.15, -0.1) is 0 Å². The molecule has 1 amide bonds. The summed E-state index contributed by atoms with van der Waals surface area (Å²) in [6.45, 7) is 4.08. The summed E-state index contributed by atoms with van der Waals surface area (Å²) < 4.78 is 5.24. The van der Waals surface area contributed by atoms with Crippen molar-refractivity contribution in [3.8, 4) is 0 Å². The highest BCUT2D eigenvalue weighted by molar-refractivity contribution is 5.92. The molecule has 0 aromatic carbocycles. The number of carbonyl (C=O) groups is 1. The average Bonchev–Trinajstić information content (AvgIpc) is 2.47. The van der Waals surface area contributed by atoms with Crippen LogP contribution in [0, 0.1) is 0 Å². The van der Waals surface area contributed by atoms with Crippen LogP contribution in [0.15, 0.2) is 12.4 Å². The molecule has 1 fully saturated rings. The number of rotatable bonds is 5. The molecule has 1 aliphatic heterocycles. The van der Waals surface area contributed by atoms with Crippen LogP contribution in [0.25, 0.3) is 0 Å². The minimum absolute atomic E-state index is 0.0636. The quantitative estimate of drug-likeness (QED) is 0.813. The van der Waals surface area contributed by atoms with Crippen molar-refractivity contribution in [2.45, 2.75) is 0 Å². The van der Waals surface area contributed by atoms with Gasteiger partial charge in [-0.1, -0.05) is 0 Å². The highest BCUT2D eigenvalue weighted by Gasteiger charge is 2.19. The number of likely N-dealkylation sites (N-methyl/N-ethyl adjacent to an activating group) is 1. The number of amides is 1. The average molecular weight is 279 g/mol. The number of hydrogen-bond acceptors (Lipinski definition) is 6. The van der Waals surface area contributed by atoms with E-state index in [-0.39, 0.29) is 5.91 Å². The standard InChI is InChI=1S/C13H21N5O2/c1-17(2)4-3-14-12-9-11(15-10-16-12)13(19)18-5-7-20-8-6-18/h9-10H,3-8H2,1-2H3,(H,14,15,16). The van der Waals surface area contributed by atoms with Crippen molar-refractivity contribution in [3.05, 3.63) is 18.1 Å². The lowest BCUT2D eigenvalue weighted by Gasteiger charge is -2.26. The van der Waals surface area contributed by atoms with Crippen molar-refractivity contribution in [3.63, 3.8) is 0 Å². The van der Waals surface area contributed by atoms with Crippen molar-refractivity contribution < 1.29 is 9.53 Å². The Hall–Kier alpha value is -1.73. The SMILES string of the molecule is CN(C)CCNc1cc(C(=O)N2CCOCC2)ncn1. The topological polar surface area (TPSA) is 70.6 Å². The zero-order valence-electron chi connectivity index (χ0n) is 12.0. The lowest BCUT2D eigenvalue weighted by atomic mass is 10.3. The Kier molecular flexibility index (Phi) is 5.25. The Morgan fingerprint density at radius 2 is 2.15 bits per heavy atom. The van der Waals surface area contributed by atoms with Crippen LogP contribution in [0.5, 0.6) is 0 Å². The van der Waals surface area contributed by atoms with Gasteiger partial charge in [0.1, 0.15) is 17.8 Å². The second-order valence-corrected chi connectivity index (χ2v) is 4.92. The van der Waals surface area contributed by atoms with Gasteiger partial charge < -0.3 is 19.9 Å². The van der Waals surface area contributed by atoms with Gasteiger partial charge in [0.15, 0.2) is 0 Å². The van der Waals surface area contributed by atoms with Gasteiger partial charge in [-0.3, -0.25) is 4.79 Å². The first kappa shape index (κ1) is 14.7. The molecule has 0 atom stereocenters. The number of nitrogens with one attached hydrogen (secondary N) is 1. The molecule has 1 aromatic rings. The first-order valence-corrected chi connectivity index (χ1v) is 6.74. The van der Waals surface area contributed by atoms with E-state index in [2.05, 4.69) is 20.2 Å². The van der Waals surface area contributed by atoms with Crippen molar-refractivity contribution in [1.29, 1.82) is 0 Å². The maximum atomic E-state index is 12.3. The van der Waals surface area contributed by atoms with E-state index >= 15 is 0 Å². The number of carbonyl (C=O) groups excluding carboxylic acids is 1. The molecular weight excluding hydrogens is 258 g/mol. The molecule has 0 radical (unpaired) electrons. The summed E-state index contributed by atoms with van der Waals surface area (Å²) >= 11 is 0. The predicted octanol–water partition coefficient (Wildman–Crippen LogP) is -0.0775. The number of ether oxygens (including phenoxy) is 1. The minimum atomic E-state index is -0.0636. The van der Waals surface area contributed by atoms with Crippen LogP contribution in [0.3, 0.4) is 0 Å². The van der Waals surface area contributed by atoms with Gasteiger partial charge >= 0.3 is 0 Å². The molecule has 20 heavy (non-hydrogen) atoms. The van der Waals surface area contributed by atoms with Crippen molar-refractivity contribution in [2.75, 3.05) is 58.8 Å². The Morgan fingerprint density at radius 3 is 2.85 bits per heavy atom. The Balaban J connectivity index is 1.95. The Labute approximate surface area is 118 Å². The number of aromatic nitrogens is 2. The summed E-state index contributed by atoms with van der Waals surface area (Å²) in [6, 6.07) is 1.70. The highest BCUT2D eigenvalue weighted by atomic mass is 16.5. The highest BCUT2D eigenvalue weighted by Crippen LogP contribution is 2.08. The molecule has 7 heteroatoms. The Bertz CT molecular complexity index is 446. The van der Waals surface area contributed by atoms with Gasteiger partial charge in [0.2, 0.25) is 0 Å². The van der Waals surface area contributed by atoms with Crippen molar-refractivity contribution >= 4 is 11.7 Å². The fourth-order valence-electron chi connectivity index (χ4n) is 1.91. The summed E-state index contributed by atoms with van der Waals surface area (Å²) in [5, 5.41) is 3.19. The van der Waals surface area contributed by atoms with Crippen LogP contribution < -0.4 is 5.32 Å². The third-order valence-electron chi connectivity index (χ3n) is 3.05. The van der Waals surface area contributed by atoms with Crippen LogP contribution in [-0.2, 0) is 4.74 Å². The number of anilines is 1. The molecule has 1 N–H and O–H groups in total. The van der Waals surface area contributed by atoms with E-state index < -0.39 is 0 Å². The van der Waals surface area contributed by atoms with Gasteiger partial charge in [0.25, 0.3) is 5.91 Å². The van der Waals surface area contributed by atoms with E-state index in [0.29, 0.717) is 37.8 Å². The van der Waals surface area contributed by atoms with Crippen molar-refractivity contribution in [2.24, 2.45) is 0 Å². The summed E-state index contributed by atoms with van der Waals surface area (Å²) in [7, 11) is 4.02. The Morgan fingerprint density at radius 1 is 1.40 bits per heavy atom. The lowest BCUT2D eigenvalue weighted by molar-refractivity contribution is 0.0299. The monoisotopic (exact) mass is 279 g/mol. The molecule has 1 aliphatic rings. The maximum absolute atomic E-state index is 12.3. The maximum Gasteiger partial charge on any atom is 0.272 e. The molecule has 0 bridgehead atoms. The molecule has 2 rings (SSSR count). The third-order valence-corrected chi connectivity index (χ3v) is 3.05. The second-order valence-electron chi connectivity index (χ2n) is 4.92. The fourth-order valence-corrected chi connectivity index (χ4v) is 1.91. The van der Waals surface area contributed by atoms with Crippen LogP contribution in [-0.4, -0.2) is 79.2 Å². The van der Waals surface area contributed by atoms with E-state index in [1.54, 1.807) is 11.0 Å². The lowest BCUT2D eigenvalue weighted by Crippen LogP contribution is -2.41. The molecule has 2 heterocycles. The second kappa shape index (κ2) is 7.16. The summed E-state index contributed by atoms with van der Waals surface area (Å²) in [4.78, 5) is 24.3. The zero-order chi connectivity index (χ0) is 14.4. The summed E-state index contributed by atoms with van der Waals surface area (Å²) in [6.07, 6.45) is 1.42. The van der Waals surface area contributed by atoms with E-state index in [0.717, 1.165) is 13.1 Å². The molecule has 0 spiro atoms. The normalized spacial score (nSPS) is 15.4. The van der Waals surface area contributed by atoms with Gasteiger partial charge in [-0.25, -0.2) is 9.97 Å². The van der Waals surface area contributed by atoms with Crippen LogP contribution in [0.2, 0.25) is 0 Å². The molecule has 110 valence electrons. The van der Waals surface area contributed by atoms with Crippen LogP contribution >= 0.6 is 0 Å². The van der Waals surface area contributed by atoms with E-state index in [4.69, 9.17) is 4.74 Å². The largest absolute Gasteiger partial charge is 0.378 e. The number of morpholine rings is 1. The molecule has 0 aliphatic carbocycles. The minimum Gasteiger partial charge on any atom is -0.378 e. The van der Waals surface area contributed by atoms with Crippen LogP contribution in [0.4, 0.5) is 5.82 Å². The fraction of sp³-hybridized carbons (Fsp3) is 0.615. The molecule has 0 unspecified atom stereocenters. The third kappa shape index (κ3) is 4.14. The van der Waals surface area contributed by atoms with Gasteiger partial charge in [-0.05, 0) is 14.1 Å². The van der Waals surface area contributed by atoms with Gasteiger partial charge in [0.05, 0.1) is 13.2 Å². The van der Waals surface area contributed by atoms with Crippen LogP contribution in [0.1, 0.15) is 10.5 Å². The summed E-state index contributed by atoms with van der Waals surface area (Å²) in [5.41, 5.74) is 0.425. The van der Waals surface area contributed by atoms with E-state index in [1.807, 2.05) is 14.1 Å². The number of nitrogens with zero attached hydrogens (tertiary/aromatic N) is 4. The van der Waals surface area contributed by atoms with E-state index in [9.17, 15) is 4.79 Å². The number of hydrogen-bond donors (Lipinski definition) is 1. The molecule has 1 saturated heterocycles. The first-order chi connectivity index (χ1) is 9.66. The summed E-state index contributed by atoms with van der Waals surface area (Å²) in [5.74, 6) is 0.616. The molecule has 0 saturated carbocycles. The van der Waals surface area contributed by atoms with E-state index in [1.165, 1.54) is 6.33 Å². The first-order valence-electron chi connectivity index (χ1n) is 6.74. The van der Waals surface area contributed by atoms with Crippen molar-refractivity contribution in [1.82, 2.24) is 19.8 Å². The zero-order valence-corrected chi connectivity index (χ0v) is 12.0. The smallest absolute Gasteiger partial charge is 0.272 e. The molecule has 1 aromatic heterocycles. The van der Waals surface area contributed by atoms with Gasteiger partial charge in [0, 0.05) is 32.2 Å². The molecular formula is C13H21N5O2.